The number of hydrogen-bond donors (Lipinski definition) is 1. The van der Waals surface area contributed by atoms with Crippen molar-refractivity contribution in [2.45, 2.75) is 32.7 Å². The van der Waals surface area contributed by atoms with Gasteiger partial charge in [-0.1, -0.05) is 17.7 Å². The van der Waals surface area contributed by atoms with Gasteiger partial charge in [0.2, 0.25) is 0 Å². The van der Waals surface area contributed by atoms with Crippen LogP contribution >= 0.6 is 0 Å². The van der Waals surface area contributed by atoms with E-state index in [0.717, 1.165) is 13.0 Å². The van der Waals surface area contributed by atoms with Gasteiger partial charge < -0.3 is 10.2 Å². The molecule has 0 saturated carbocycles. The third-order valence-corrected chi connectivity index (χ3v) is 3.51. The van der Waals surface area contributed by atoms with Gasteiger partial charge in [0.15, 0.2) is 0 Å². The fourth-order valence-electron chi connectivity index (χ4n) is 1.98. The lowest BCUT2D eigenvalue weighted by atomic mass is 9.99. The molecule has 98 valence electrons. The lowest BCUT2D eigenvalue weighted by molar-refractivity contribution is 0.457. The van der Waals surface area contributed by atoms with Crippen LogP contribution in [-0.4, -0.2) is 26.2 Å². The Hall–Kier alpha value is -1.53. The Morgan fingerprint density at radius 2 is 2.06 bits per heavy atom. The van der Waals surface area contributed by atoms with Gasteiger partial charge in [-0.25, -0.2) is 0 Å². The molecule has 0 aliphatic rings. The zero-order chi connectivity index (χ0) is 13.8. The second kappa shape index (κ2) is 5.88. The summed E-state index contributed by atoms with van der Waals surface area (Å²) in [5.74, 6) is 0. The molecule has 1 unspecified atom stereocenters. The first-order valence-electron chi connectivity index (χ1n) is 6.30. The fraction of sp³-hybridized carbons (Fsp3) is 0.533. The molecule has 0 aromatic heterocycles. The molecule has 0 bridgehead atoms. The first-order chi connectivity index (χ1) is 8.41. The van der Waals surface area contributed by atoms with E-state index in [1.165, 1.54) is 16.8 Å². The molecule has 3 heteroatoms. The number of hydrogen-bond acceptors (Lipinski definition) is 3. The van der Waals surface area contributed by atoms with Gasteiger partial charge in [0, 0.05) is 19.3 Å². The maximum atomic E-state index is 9.13. The highest BCUT2D eigenvalue weighted by atomic mass is 15.1. The summed E-state index contributed by atoms with van der Waals surface area (Å²) < 4.78 is 0. The predicted octanol–water partition coefficient (Wildman–Crippen LogP) is 2.63. The van der Waals surface area contributed by atoms with E-state index >= 15 is 0 Å². The van der Waals surface area contributed by atoms with E-state index < -0.39 is 5.54 Å². The van der Waals surface area contributed by atoms with Gasteiger partial charge in [0.1, 0.15) is 5.54 Å². The number of nitriles is 1. The zero-order valence-corrected chi connectivity index (χ0v) is 12.0. The summed E-state index contributed by atoms with van der Waals surface area (Å²) in [5, 5.41) is 12.2. The Balaban J connectivity index is 2.72. The molecule has 0 saturated heterocycles. The molecule has 1 aromatic rings. The van der Waals surface area contributed by atoms with Crippen LogP contribution in [0.25, 0.3) is 0 Å². The number of nitrogens with one attached hydrogen (secondary N) is 1. The summed E-state index contributed by atoms with van der Waals surface area (Å²) in [6.45, 7) is 7.02. The maximum Gasteiger partial charge on any atom is 0.105 e. The van der Waals surface area contributed by atoms with Crippen LogP contribution in [0, 0.1) is 25.2 Å². The van der Waals surface area contributed by atoms with Crippen molar-refractivity contribution in [3.8, 4) is 6.07 Å². The largest absolute Gasteiger partial charge is 0.374 e. The van der Waals surface area contributed by atoms with Crippen molar-refractivity contribution < 1.29 is 0 Å². The Bertz CT molecular complexity index is 448. The molecule has 0 fully saturated rings. The highest BCUT2D eigenvalue weighted by molar-refractivity contribution is 5.53. The van der Waals surface area contributed by atoms with Gasteiger partial charge in [0.25, 0.3) is 0 Å². The Morgan fingerprint density at radius 1 is 1.39 bits per heavy atom. The first-order valence-corrected chi connectivity index (χ1v) is 6.30. The van der Waals surface area contributed by atoms with Crippen molar-refractivity contribution in [1.82, 2.24) is 5.32 Å². The van der Waals surface area contributed by atoms with E-state index in [1.807, 2.05) is 14.0 Å². The maximum absolute atomic E-state index is 9.13. The van der Waals surface area contributed by atoms with Crippen molar-refractivity contribution in [2.75, 3.05) is 25.5 Å². The summed E-state index contributed by atoms with van der Waals surface area (Å²) >= 11 is 0. The quantitative estimate of drug-likeness (QED) is 0.866. The average molecular weight is 245 g/mol. The van der Waals surface area contributed by atoms with Crippen LogP contribution in [0.15, 0.2) is 18.2 Å². The molecule has 0 amide bonds. The number of benzene rings is 1. The molecule has 0 spiro atoms. The van der Waals surface area contributed by atoms with E-state index in [-0.39, 0.29) is 0 Å². The predicted molar refractivity (Wildman–Crippen MR) is 76.9 cm³/mol. The highest BCUT2D eigenvalue weighted by Gasteiger charge is 2.21. The van der Waals surface area contributed by atoms with Gasteiger partial charge in [0.05, 0.1) is 6.07 Å². The van der Waals surface area contributed by atoms with Crippen molar-refractivity contribution in [3.63, 3.8) is 0 Å². The Morgan fingerprint density at radius 3 is 2.56 bits per heavy atom. The van der Waals surface area contributed by atoms with E-state index in [2.05, 4.69) is 55.4 Å². The van der Waals surface area contributed by atoms with E-state index in [4.69, 9.17) is 5.26 Å². The molecule has 1 aromatic carbocycles. The third kappa shape index (κ3) is 3.48. The molecule has 18 heavy (non-hydrogen) atoms. The molecule has 0 heterocycles. The van der Waals surface area contributed by atoms with Crippen LogP contribution in [0.5, 0.6) is 0 Å². The average Bonchev–Trinajstić information content (AvgIpc) is 2.35. The molecule has 0 aliphatic carbocycles. The lowest BCUT2D eigenvalue weighted by Crippen LogP contribution is -2.41. The van der Waals surface area contributed by atoms with E-state index in [9.17, 15) is 0 Å². The molecular formula is C15H23N3. The van der Waals surface area contributed by atoms with Crippen molar-refractivity contribution >= 4 is 5.69 Å². The zero-order valence-electron chi connectivity index (χ0n) is 12.0. The molecule has 3 nitrogen and oxygen atoms in total. The fourth-order valence-corrected chi connectivity index (χ4v) is 1.98. The minimum Gasteiger partial charge on any atom is -0.374 e. The van der Waals surface area contributed by atoms with Crippen LogP contribution in [0.2, 0.25) is 0 Å². The number of nitrogens with zero attached hydrogens (tertiary/aromatic N) is 2. The van der Waals surface area contributed by atoms with E-state index in [1.54, 1.807) is 0 Å². The van der Waals surface area contributed by atoms with Gasteiger partial charge in [-0.05, 0) is 45.9 Å². The normalized spacial score (nSPS) is 13.8. The second-order valence-corrected chi connectivity index (χ2v) is 5.16. The second-order valence-electron chi connectivity index (χ2n) is 5.16. The molecule has 1 atom stereocenters. The van der Waals surface area contributed by atoms with Crippen molar-refractivity contribution in [2.24, 2.45) is 0 Å². The molecular weight excluding hydrogens is 222 g/mol. The van der Waals surface area contributed by atoms with Crippen LogP contribution in [0.4, 0.5) is 5.69 Å². The van der Waals surface area contributed by atoms with Crippen LogP contribution < -0.4 is 10.2 Å². The monoisotopic (exact) mass is 245 g/mol. The smallest absolute Gasteiger partial charge is 0.105 e. The molecule has 1 N–H and O–H groups in total. The minimum atomic E-state index is -0.452. The number of aryl methyl sites for hydroxylation is 2. The minimum absolute atomic E-state index is 0.452. The standard InChI is InChI=1S/C15H23N3/c1-12-6-7-14(13(2)10-12)18(5)9-8-15(3,11-16)17-4/h6-7,10,17H,8-9H2,1-5H3. The van der Waals surface area contributed by atoms with Gasteiger partial charge in [-0.2, -0.15) is 5.26 Å². The lowest BCUT2D eigenvalue weighted by Gasteiger charge is -2.27. The number of rotatable bonds is 5. The van der Waals surface area contributed by atoms with Crippen LogP contribution in [0.1, 0.15) is 24.5 Å². The molecule has 1 rings (SSSR count). The van der Waals surface area contributed by atoms with Crippen LogP contribution in [-0.2, 0) is 0 Å². The molecule has 0 radical (unpaired) electrons. The summed E-state index contributed by atoms with van der Waals surface area (Å²) in [6.07, 6.45) is 0.795. The van der Waals surface area contributed by atoms with Crippen molar-refractivity contribution in [3.05, 3.63) is 29.3 Å². The topological polar surface area (TPSA) is 39.1 Å². The summed E-state index contributed by atoms with van der Waals surface area (Å²) in [4.78, 5) is 2.21. The van der Waals surface area contributed by atoms with Crippen molar-refractivity contribution in [1.29, 1.82) is 5.26 Å². The van der Waals surface area contributed by atoms with E-state index in [0.29, 0.717) is 0 Å². The van der Waals surface area contributed by atoms with Crippen LogP contribution in [0.3, 0.4) is 0 Å². The summed E-state index contributed by atoms with van der Waals surface area (Å²) in [5.41, 5.74) is 3.34. The number of anilines is 1. The third-order valence-electron chi connectivity index (χ3n) is 3.51. The Kier molecular flexibility index (Phi) is 4.75. The SMILES string of the molecule is CNC(C)(C#N)CCN(C)c1ccc(C)cc1C. The van der Waals surface area contributed by atoms with Gasteiger partial charge in [-0.3, -0.25) is 0 Å². The highest BCUT2D eigenvalue weighted by Crippen LogP contribution is 2.21. The Labute approximate surface area is 110 Å². The van der Waals surface area contributed by atoms with Gasteiger partial charge in [-0.15, -0.1) is 0 Å². The molecule has 0 aliphatic heterocycles. The first kappa shape index (κ1) is 14.5. The van der Waals surface area contributed by atoms with Gasteiger partial charge >= 0.3 is 0 Å². The summed E-state index contributed by atoms with van der Waals surface area (Å²) in [6, 6.07) is 8.78. The summed E-state index contributed by atoms with van der Waals surface area (Å²) in [7, 11) is 3.91.